The van der Waals surface area contributed by atoms with Crippen molar-refractivity contribution in [2.45, 2.75) is 71.2 Å². The first kappa shape index (κ1) is 20.5. The second-order valence-electron chi connectivity index (χ2n) is 9.45. The summed E-state index contributed by atoms with van der Waals surface area (Å²) in [5.74, 6) is 0.220. The van der Waals surface area contributed by atoms with Crippen molar-refractivity contribution in [3.05, 3.63) is 28.8 Å². The Hall–Kier alpha value is -1.24. The number of ether oxygens (including phenoxy) is 1. The largest absolute Gasteiger partial charge is 0.494 e. The van der Waals surface area contributed by atoms with Crippen LogP contribution < -0.4 is 5.46 Å². The number of nitrogens with zero attached hydrogens (tertiary/aromatic N) is 1. The van der Waals surface area contributed by atoms with Crippen LogP contribution in [0.25, 0.3) is 0 Å². The van der Waals surface area contributed by atoms with Crippen molar-refractivity contribution in [1.82, 2.24) is 4.90 Å². The van der Waals surface area contributed by atoms with Gasteiger partial charge in [-0.05, 0) is 65.6 Å². The molecule has 2 aliphatic heterocycles. The number of amides is 1. The molecule has 0 spiro atoms. The van der Waals surface area contributed by atoms with E-state index in [0.29, 0.717) is 18.1 Å². The molecule has 1 aromatic carbocycles. The van der Waals surface area contributed by atoms with Gasteiger partial charge in [-0.2, -0.15) is 0 Å². The maximum Gasteiger partial charge on any atom is 0.494 e. The van der Waals surface area contributed by atoms with Crippen LogP contribution in [0.5, 0.6) is 0 Å². The van der Waals surface area contributed by atoms with Gasteiger partial charge in [0.2, 0.25) is 0 Å². The zero-order valence-electron chi connectivity index (χ0n) is 17.3. The molecule has 3 rings (SSSR count). The Bertz CT molecular complexity index is 722. The molecule has 0 aliphatic carbocycles. The van der Waals surface area contributed by atoms with E-state index in [1.165, 1.54) is 0 Å². The van der Waals surface area contributed by atoms with Gasteiger partial charge in [0.05, 0.1) is 11.2 Å². The number of likely N-dealkylation sites (tertiary alicyclic amines) is 1. The lowest BCUT2D eigenvalue weighted by molar-refractivity contribution is 0.00578. The minimum Gasteiger partial charge on any atom is -0.444 e. The Morgan fingerprint density at radius 1 is 1.19 bits per heavy atom. The van der Waals surface area contributed by atoms with E-state index in [-0.39, 0.29) is 23.2 Å². The first-order valence-electron chi connectivity index (χ1n) is 9.42. The molecule has 0 bridgehead atoms. The maximum absolute atomic E-state index is 12.1. The van der Waals surface area contributed by atoms with E-state index >= 15 is 0 Å². The standard InChI is InChI=1S/C20H29BClNO4/c1-18(2,3)25-17(24)23-11-13(12-23)15-9-8-14(10-16(15)22)21-26-19(4,5)20(6,7)27-21/h8-10,13H,11-12H2,1-7H3. The number of rotatable bonds is 2. The second-order valence-corrected chi connectivity index (χ2v) is 9.86. The van der Waals surface area contributed by atoms with E-state index in [1.807, 2.05) is 66.7 Å². The third kappa shape index (κ3) is 4.13. The van der Waals surface area contributed by atoms with Crippen LogP contribution in [0.1, 0.15) is 59.9 Å². The van der Waals surface area contributed by atoms with Crippen molar-refractivity contribution < 1.29 is 18.8 Å². The van der Waals surface area contributed by atoms with Crippen LogP contribution in [0.15, 0.2) is 18.2 Å². The molecule has 0 N–H and O–H groups in total. The number of hydrogen-bond donors (Lipinski definition) is 0. The molecule has 7 heteroatoms. The molecule has 1 aromatic rings. The van der Waals surface area contributed by atoms with E-state index < -0.39 is 12.7 Å². The Morgan fingerprint density at radius 2 is 1.74 bits per heavy atom. The quantitative estimate of drug-likeness (QED) is 0.713. The summed E-state index contributed by atoms with van der Waals surface area (Å²) in [6, 6.07) is 5.93. The molecule has 27 heavy (non-hydrogen) atoms. The average Bonchev–Trinajstić information content (AvgIpc) is 2.65. The number of halogens is 1. The highest BCUT2D eigenvalue weighted by Gasteiger charge is 2.51. The SMILES string of the molecule is CC(C)(C)OC(=O)N1CC(c2ccc(B3OC(C)(C)C(C)(C)O3)cc2Cl)C1. The predicted molar refractivity (Wildman–Crippen MR) is 108 cm³/mol. The van der Waals surface area contributed by atoms with E-state index in [9.17, 15) is 4.79 Å². The van der Waals surface area contributed by atoms with Crippen molar-refractivity contribution in [2.75, 3.05) is 13.1 Å². The molecular formula is C20H29BClNO4. The fourth-order valence-corrected chi connectivity index (χ4v) is 3.49. The van der Waals surface area contributed by atoms with Crippen LogP contribution >= 0.6 is 11.6 Å². The minimum atomic E-state index is -0.482. The minimum absolute atomic E-state index is 0.220. The summed E-state index contributed by atoms with van der Waals surface area (Å²) < 4.78 is 17.6. The molecule has 0 unspecified atom stereocenters. The maximum atomic E-state index is 12.1. The molecule has 148 valence electrons. The number of hydrogen-bond acceptors (Lipinski definition) is 4. The molecule has 2 fully saturated rings. The zero-order valence-corrected chi connectivity index (χ0v) is 18.0. The van der Waals surface area contributed by atoms with Crippen molar-refractivity contribution in [1.29, 1.82) is 0 Å². The zero-order chi connectivity index (χ0) is 20.2. The monoisotopic (exact) mass is 393 g/mol. The predicted octanol–water partition coefficient (Wildman–Crippen LogP) is 3.97. The van der Waals surface area contributed by atoms with Gasteiger partial charge >= 0.3 is 13.2 Å². The lowest BCUT2D eigenvalue weighted by Gasteiger charge is -2.40. The first-order chi connectivity index (χ1) is 12.3. The van der Waals surface area contributed by atoms with Gasteiger partial charge in [0.1, 0.15) is 5.60 Å². The van der Waals surface area contributed by atoms with Crippen LogP contribution in [-0.4, -0.2) is 48.0 Å². The van der Waals surface area contributed by atoms with Crippen LogP contribution in [0.2, 0.25) is 5.02 Å². The first-order valence-corrected chi connectivity index (χ1v) is 9.80. The molecule has 0 saturated carbocycles. The van der Waals surface area contributed by atoms with E-state index in [4.69, 9.17) is 25.6 Å². The van der Waals surface area contributed by atoms with Crippen molar-refractivity contribution in [3.63, 3.8) is 0 Å². The highest BCUT2D eigenvalue weighted by molar-refractivity contribution is 6.62. The third-order valence-electron chi connectivity index (χ3n) is 5.52. The summed E-state index contributed by atoms with van der Waals surface area (Å²) in [4.78, 5) is 13.8. The van der Waals surface area contributed by atoms with Crippen LogP contribution in [-0.2, 0) is 14.0 Å². The molecule has 1 amide bonds. The fraction of sp³-hybridized carbons (Fsp3) is 0.650. The lowest BCUT2D eigenvalue weighted by atomic mass is 9.77. The van der Waals surface area contributed by atoms with Gasteiger partial charge in [0.15, 0.2) is 0 Å². The number of carbonyl (C=O) groups is 1. The smallest absolute Gasteiger partial charge is 0.444 e. The molecule has 2 heterocycles. The molecule has 2 aliphatic rings. The molecular weight excluding hydrogens is 364 g/mol. The Balaban J connectivity index is 1.65. The van der Waals surface area contributed by atoms with Crippen molar-refractivity contribution >= 4 is 30.3 Å². The number of benzene rings is 1. The van der Waals surface area contributed by atoms with Gasteiger partial charge in [-0.3, -0.25) is 0 Å². The van der Waals surface area contributed by atoms with E-state index in [0.717, 1.165) is 11.0 Å². The normalized spacial score (nSPS) is 21.9. The molecule has 5 nitrogen and oxygen atoms in total. The van der Waals surface area contributed by atoms with Gasteiger partial charge in [0.25, 0.3) is 0 Å². The summed E-state index contributed by atoms with van der Waals surface area (Å²) >= 11 is 6.55. The Labute approximate surface area is 167 Å². The summed E-state index contributed by atoms with van der Waals surface area (Å²) in [5.41, 5.74) is 0.696. The average molecular weight is 394 g/mol. The summed E-state index contributed by atoms with van der Waals surface area (Å²) in [6.45, 7) is 15.0. The van der Waals surface area contributed by atoms with Gasteiger partial charge < -0.3 is 18.9 Å². The van der Waals surface area contributed by atoms with Crippen LogP contribution in [0, 0.1) is 0 Å². The highest BCUT2D eigenvalue weighted by Crippen LogP contribution is 2.37. The second kappa shape index (κ2) is 6.68. The Morgan fingerprint density at radius 3 is 2.22 bits per heavy atom. The van der Waals surface area contributed by atoms with E-state index in [1.54, 1.807) is 4.90 Å². The van der Waals surface area contributed by atoms with Gasteiger partial charge in [-0.1, -0.05) is 23.7 Å². The molecule has 2 saturated heterocycles. The summed E-state index contributed by atoms with van der Waals surface area (Å²) in [5, 5.41) is 0.677. The lowest BCUT2D eigenvalue weighted by Crippen LogP contribution is -2.50. The van der Waals surface area contributed by atoms with Crippen LogP contribution in [0.3, 0.4) is 0 Å². The van der Waals surface area contributed by atoms with Gasteiger partial charge in [-0.25, -0.2) is 4.79 Å². The van der Waals surface area contributed by atoms with Crippen molar-refractivity contribution in [2.24, 2.45) is 0 Å². The van der Waals surface area contributed by atoms with E-state index in [2.05, 4.69) is 0 Å². The number of carbonyl (C=O) groups excluding carboxylic acids is 1. The third-order valence-corrected chi connectivity index (χ3v) is 5.85. The molecule has 0 radical (unpaired) electrons. The molecule has 0 aromatic heterocycles. The summed E-state index contributed by atoms with van der Waals surface area (Å²) in [7, 11) is -0.429. The fourth-order valence-electron chi connectivity index (χ4n) is 3.15. The van der Waals surface area contributed by atoms with Crippen molar-refractivity contribution in [3.8, 4) is 0 Å². The van der Waals surface area contributed by atoms with Gasteiger partial charge in [-0.15, -0.1) is 0 Å². The topological polar surface area (TPSA) is 48.0 Å². The van der Waals surface area contributed by atoms with Crippen LogP contribution in [0.4, 0.5) is 4.79 Å². The van der Waals surface area contributed by atoms with Gasteiger partial charge in [0, 0.05) is 24.0 Å². The molecule has 0 atom stereocenters. The highest BCUT2D eigenvalue weighted by atomic mass is 35.5. The summed E-state index contributed by atoms with van der Waals surface area (Å²) in [6.07, 6.45) is -0.274. The Kier molecular flexibility index (Phi) is 5.07.